The highest BCUT2D eigenvalue weighted by atomic mass is 32.2. The maximum absolute atomic E-state index is 12.7. The van der Waals surface area contributed by atoms with Crippen molar-refractivity contribution in [2.75, 3.05) is 36.3 Å². The van der Waals surface area contributed by atoms with Gasteiger partial charge >= 0.3 is 10.2 Å². The van der Waals surface area contributed by atoms with Crippen LogP contribution in [-0.4, -0.2) is 50.0 Å². The Labute approximate surface area is 186 Å². The summed E-state index contributed by atoms with van der Waals surface area (Å²) >= 11 is 0. The van der Waals surface area contributed by atoms with Crippen molar-refractivity contribution in [3.8, 4) is 16.9 Å². The lowest BCUT2D eigenvalue weighted by Crippen LogP contribution is -2.43. The Morgan fingerprint density at radius 2 is 1.56 bits per heavy atom. The zero-order valence-corrected chi connectivity index (χ0v) is 18.0. The molecule has 9 heteroatoms. The van der Waals surface area contributed by atoms with E-state index in [9.17, 15) is 18.3 Å². The minimum atomic E-state index is -3.86. The lowest BCUT2D eigenvalue weighted by Gasteiger charge is -2.26. The number of benzene rings is 3. The number of hydrogen-bond donors (Lipinski definition) is 3. The SMILES string of the molecule is O=C(Nc1ccc(O)c(NS(=O)(=O)N2CCOCC2)c1)c1ccc(-c2ccccc2)cc1. The molecule has 8 nitrogen and oxygen atoms in total. The second-order valence-electron chi connectivity index (χ2n) is 7.25. The van der Waals surface area contributed by atoms with Gasteiger partial charge in [-0.3, -0.25) is 9.52 Å². The van der Waals surface area contributed by atoms with E-state index in [-0.39, 0.29) is 30.4 Å². The summed E-state index contributed by atoms with van der Waals surface area (Å²) in [7, 11) is -3.86. The summed E-state index contributed by atoms with van der Waals surface area (Å²) < 4.78 is 33.9. The highest BCUT2D eigenvalue weighted by molar-refractivity contribution is 7.90. The summed E-state index contributed by atoms with van der Waals surface area (Å²) in [6.07, 6.45) is 0. The predicted molar refractivity (Wildman–Crippen MR) is 123 cm³/mol. The fraction of sp³-hybridized carbons (Fsp3) is 0.174. The Bertz CT molecular complexity index is 1190. The molecule has 3 aromatic carbocycles. The molecule has 0 atom stereocenters. The van der Waals surface area contributed by atoms with Crippen LogP contribution in [0.15, 0.2) is 72.8 Å². The van der Waals surface area contributed by atoms with Crippen LogP contribution in [0.25, 0.3) is 11.1 Å². The number of amides is 1. The number of hydrogen-bond acceptors (Lipinski definition) is 5. The van der Waals surface area contributed by atoms with Crippen molar-refractivity contribution in [3.05, 3.63) is 78.4 Å². The molecule has 3 N–H and O–H groups in total. The van der Waals surface area contributed by atoms with Crippen LogP contribution in [0.2, 0.25) is 0 Å². The molecule has 0 radical (unpaired) electrons. The van der Waals surface area contributed by atoms with E-state index in [1.54, 1.807) is 12.1 Å². The van der Waals surface area contributed by atoms with Gasteiger partial charge in [0.1, 0.15) is 5.75 Å². The highest BCUT2D eigenvalue weighted by Crippen LogP contribution is 2.29. The van der Waals surface area contributed by atoms with E-state index in [1.165, 1.54) is 22.5 Å². The number of phenols is 1. The van der Waals surface area contributed by atoms with Crippen molar-refractivity contribution < 1.29 is 23.1 Å². The molecule has 1 heterocycles. The lowest BCUT2D eigenvalue weighted by molar-refractivity contribution is 0.0733. The first kappa shape index (κ1) is 21.8. The topological polar surface area (TPSA) is 108 Å². The van der Waals surface area contributed by atoms with Crippen molar-refractivity contribution in [1.29, 1.82) is 0 Å². The first-order valence-corrected chi connectivity index (χ1v) is 11.5. The number of nitrogens with zero attached hydrogens (tertiary/aromatic N) is 1. The third-order valence-electron chi connectivity index (χ3n) is 5.06. The average molecular weight is 454 g/mol. The van der Waals surface area contributed by atoms with Crippen LogP contribution < -0.4 is 10.0 Å². The van der Waals surface area contributed by atoms with Gasteiger partial charge in [-0.2, -0.15) is 12.7 Å². The van der Waals surface area contributed by atoms with Crippen molar-refractivity contribution in [1.82, 2.24) is 4.31 Å². The van der Waals surface area contributed by atoms with Gasteiger partial charge in [0.25, 0.3) is 5.91 Å². The van der Waals surface area contributed by atoms with Gasteiger partial charge in [0.05, 0.1) is 18.9 Å². The van der Waals surface area contributed by atoms with E-state index in [2.05, 4.69) is 10.0 Å². The minimum absolute atomic E-state index is 0.0197. The molecule has 1 saturated heterocycles. The molecule has 0 spiro atoms. The Hall–Kier alpha value is -3.40. The van der Waals surface area contributed by atoms with Gasteiger partial charge in [0.15, 0.2) is 0 Å². The zero-order chi connectivity index (χ0) is 22.6. The standard InChI is InChI=1S/C23H23N3O5S/c27-22-11-10-20(16-21(22)25-32(29,30)26-12-14-31-15-13-26)24-23(28)19-8-6-18(7-9-19)17-4-2-1-3-5-17/h1-11,16,25,27H,12-15H2,(H,24,28). The maximum Gasteiger partial charge on any atom is 0.301 e. The van der Waals surface area contributed by atoms with Crippen molar-refractivity contribution in [2.45, 2.75) is 0 Å². The Balaban J connectivity index is 1.47. The fourth-order valence-corrected chi connectivity index (χ4v) is 4.53. The second-order valence-corrected chi connectivity index (χ2v) is 8.92. The normalized spacial score (nSPS) is 14.6. The first-order valence-electron chi connectivity index (χ1n) is 10.1. The number of ether oxygens (including phenoxy) is 1. The lowest BCUT2D eigenvalue weighted by atomic mass is 10.0. The van der Waals surface area contributed by atoms with Crippen molar-refractivity contribution in [3.63, 3.8) is 0 Å². The Morgan fingerprint density at radius 3 is 2.25 bits per heavy atom. The molecular formula is C23H23N3O5S. The fourth-order valence-electron chi connectivity index (χ4n) is 3.33. The molecule has 1 amide bonds. The molecule has 166 valence electrons. The first-order chi connectivity index (χ1) is 15.4. The van der Waals surface area contributed by atoms with Crippen molar-refractivity contribution >= 4 is 27.5 Å². The number of carbonyl (C=O) groups excluding carboxylic acids is 1. The van der Waals surface area contributed by atoms with Gasteiger partial charge in [-0.25, -0.2) is 0 Å². The molecule has 3 aromatic rings. The molecule has 0 aliphatic carbocycles. The molecule has 1 aliphatic heterocycles. The van der Waals surface area contributed by atoms with Crippen LogP contribution in [0.3, 0.4) is 0 Å². The van der Waals surface area contributed by atoms with Crippen LogP contribution >= 0.6 is 0 Å². The molecule has 0 unspecified atom stereocenters. The van der Waals surface area contributed by atoms with Crippen LogP contribution in [0.4, 0.5) is 11.4 Å². The molecule has 0 aromatic heterocycles. The van der Waals surface area contributed by atoms with Crippen LogP contribution in [0, 0.1) is 0 Å². The summed E-state index contributed by atoms with van der Waals surface area (Å²) in [5.41, 5.74) is 2.82. The third-order valence-corrected chi connectivity index (χ3v) is 6.58. The number of morpholine rings is 1. The summed E-state index contributed by atoms with van der Waals surface area (Å²) in [4.78, 5) is 12.7. The zero-order valence-electron chi connectivity index (χ0n) is 17.2. The second kappa shape index (κ2) is 9.39. The number of aromatic hydroxyl groups is 1. The number of rotatable bonds is 6. The predicted octanol–water partition coefficient (Wildman–Crippen LogP) is 3.30. The van der Waals surface area contributed by atoms with Gasteiger partial charge < -0.3 is 15.2 Å². The molecule has 0 bridgehead atoms. The van der Waals surface area contributed by atoms with Gasteiger partial charge in [0, 0.05) is 24.3 Å². The molecule has 32 heavy (non-hydrogen) atoms. The smallest absolute Gasteiger partial charge is 0.301 e. The largest absolute Gasteiger partial charge is 0.506 e. The molecule has 4 rings (SSSR count). The van der Waals surface area contributed by atoms with E-state index in [4.69, 9.17) is 4.74 Å². The van der Waals surface area contributed by atoms with E-state index in [1.807, 2.05) is 42.5 Å². The molecule has 1 aliphatic rings. The van der Waals surface area contributed by atoms with Gasteiger partial charge in [0.2, 0.25) is 0 Å². The van der Waals surface area contributed by atoms with Crippen LogP contribution in [0.1, 0.15) is 10.4 Å². The third kappa shape index (κ3) is 5.08. The summed E-state index contributed by atoms with van der Waals surface area (Å²) in [5, 5.41) is 12.8. The summed E-state index contributed by atoms with van der Waals surface area (Å²) in [6, 6.07) is 21.2. The van der Waals surface area contributed by atoms with E-state index in [0.717, 1.165) is 11.1 Å². The Kier molecular flexibility index (Phi) is 6.40. The number of carbonyl (C=O) groups is 1. The highest BCUT2D eigenvalue weighted by Gasteiger charge is 2.25. The summed E-state index contributed by atoms with van der Waals surface area (Å²) in [6.45, 7) is 1.08. The Morgan fingerprint density at radius 1 is 0.906 bits per heavy atom. The quantitative estimate of drug-likeness (QED) is 0.392. The average Bonchev–Trinajstić information content (AvgIpc) is 2.82. The maximum atomic E-state index is 12.7. The van der Waals surface area contributed by atoms with Gasteiger partial charge in [-0.1, -0.05) is 42.5 Å². The van der Waals surface area contributed by atoms with Gasteiger partial charge in [-0.15, -0.1) is 0 Å². The van der Waals surface area contributed by atoms with E-state index < -0.39 is 10.2 Å². The molecule has 0 saturated carbocycles. The molecule has 1 fully saturated rings. The number of phenolic OH excluding ortho intramolecular Hbond substituents is 1. The van der Waals surface area contributed by atoms with Crippen molar-refractivity contribution in [2.24, 2.45) is 0 Å². The van der Waals surface area contributed by atoms with E-state index in [0.29, 0.717) is 24.5 Å². The molecular weight excluding hydrogens is 430 g/mol. The number of anilines is 2. The minimum Gasteiger partial charge on any atom is -0.506 e. The van der Waals surface area contributed by atoms with Gasteiger partial charge in [-0.05, 0) is 41.5 Å². The summed E-state index contributed by atoms with van der Waals surface area (Å²) in [5.74, 6) is -0.593. The van der Waals surface area contributed by atoms with Crippen LogP contribution in [-0.2, 0) is 14.9 Å². The van der Waals surface area contributed by atoms with E-state index >= 15 is 0 Å². The van der Waals surface area contributed by atoms with Crippen LogP contribution in [0.5, 0.6) is 5.75 Å². The number of nitrogens with one attached hydrogen (secondary N) is 2. The monoisotopic (exact) mass is 453 g/mol.